The Bertz CT molecular complexity index is 719. The van der Waals surface area contributed by atoms with E-state index >= 15 is 0 Å². The van der Waals surface area contributed by atoms with Gasteiger partial charge in [0.05, 0.1) is 6.42 Å². The molecule has 4 heteroatoms. The molecule has 4 nitrogen and oxygen atoms in total. The lowest BCUT2D eigenvalue weighted by Gasteiger charge is -2.03. The van der Waals surface area contributed by atoms with Crippen LogP contribution in [0, 0.1) is 0 Å². The number of fused-ring (bicyclic) bond motifs is 1. The Balaban J connectivity index is 1.64. The van der Waals surface area contributed by atoms with Crippen LogP contribution in [0.3, 0.4) is 0 Å². The number of benzene rings is 2. The minimum absolute atomic E-state index is 0.0621. The lowest BCUT2D eigenvalue weighted by Crippen LogP contribution is -2.24. The summed E-state index contributed by atoms with van der Waals surface area (Å²) in [6.45, 7) is 0.523. The van der Waals surface area contributed by atoms with E-state index in [1.54, 1.807) is 0 Å². The molecule has 100 valence electrons. The molecule has 1 amide bonds. The minimum atomic E-state index is -0.0621. The zero-order chi connectivity index (χ0) is 13.8. The average molecular weight is 266 g/mol. The first kappa shape index (κ1) is 12.4. The number of rotatable bonds is 4. The largest absolute Gasteiger partial charge is 0.356 e. The zero-order valence-electron chi connectivity index (χ0n) is 10.9. The summed E-state index contributed by atoms with van der Waals surface area (Å²) in [6, 6.07) is 17.3. The van der Waals surface area contributed by atoms with Crippen molar-refractivity contribution in [3.05, 3.63) is 65.9 Å². The van der Waals surface area contributed by atoms with Crippen LogP contribution >= 0.6 is 0 Å². The van der Waals surface area contributed by atoms with Gasteiger partial charge in [-0.15, -0.1) is 0 Å². The van der Waals surface area contributed by atoms with Gasteiger partial charge in [0.15, 0.2) is 5.58 Å². The topological polar surface area (TPSA) is 55.1 Å². The van der Waals surface area contributed by atoms with Gasteiger partial charge >= 0.3 is 0 Å². The van der Waals surface area contributed by atoms with Crippen molar-refractivity contribution in [2.45, 2.75) is 13.0 Å². The summed E-state index contributed by atoms with van der Waals surface area (Å²) in [7, 11) is 0. The van der Waals surface area contributed by atoms with Gasteiger partial charge in [-0.1, -0.05) is 47.6 Å². The van der Waals surface area contributed by atoms with Crippen molar-refractivity contribution in [1.82, 2.24) is 10.5 Å². The molecular weight excluding hydrogens is 252 g/mol. The Kier molecular flexibility index (Phi) is 3.46. The van der Waals surface area contributed by atoms with Gasteiger partial charge in [0.25, 0.3) is 0 Å². The highest BCUT2D eigenvalue weighted by molar-refractivity contribution is 5.86. The van der Waals surface area contributed by atoms with Crippen LogP contribution in [0.2, 0.25) is 0 Å². The Morgan fingerprint density at radius 1 is 1.05 bits per heavy atom. The lowest BCUT2D eigenvalue weighted by atomic mass is 10.1. The molecule has 0 spiro atoms. The van der Waals surface area contributed by atoms with Crippen molar-refractivity contribution >= 4 is 16.9 Å². The summed E-state index contributed by atoms with van der Waals surface area (Å²) in [4.78, 5) is 11.9. The number of nitrogens with one attached hydrogen (secondary N) is 1. The lowest BCUT2D eigenvalue weighted by molar-refractivity contribution is -0.120. The smallest absolute Gasteiger partial charge is 0.226 e. The molecule has 1 aromatic heterocycles. The molecule has 3 aromatic rings. The monoisotopic (exact) mass is 266 g/mol. The van der Waals surface area contributed by atoms with Crippen LogP contribution in [-0.4, -0.2) is 11.1 Å². The van der Waals surface area contributed by atoms with E-state index in [0.29, 0.717) is 17.8 Å². The molecular formula is C16H14N2O2. The first-order chi connectivity index (χ1) is 9.83. The fourth-order valence-electron chi connectivity index (χ4n) is 2.08. The van der Waals surface area contributed by atoms with E-state index in [9.17, 15) is 4.79 Å². The first-order valence-corrected chi connectivity index (χ1v) is 6.47. The summed E-state index contributed by atoms with van der Waals surface area (Å²) >= 11 is 0. The van der Waals surface area contributed by atoms with Crippen LogP contribution < -0.4 is 5.32 Å². The summed E-state index contributed by atoms with van der Waals surface area (Å²) < 4.78 is 5.18. The molecule has 0 aliphatic carbocycles. The van der Waals surface area contributed by atoms with E-state index < -0.39 is 0 Å². The highest BCUT2D eigenvalue weighted by Crippen LogP contribution is 2.17. The maximum absolute atomic E-state index is 11.9. The van der Waals surface area contributed by atoms with Crippen LogP contribution in [-0.2, 0) is 17.8 Å². The SMILES string of the molecule is O=C(Cc1noc2ccccc12)NCc1ccccc1. The Labute approximate surface area is 116 Å². The van der Waals surface area contributed by atoms with Crippen LogP contribution in [0.1, 0.15) is 11.3 Å². The molecule has 20 heavy (non-hydrogen) atoms. The quantitative estimate of drug-likeness (QED) is 0.790. The molecule has 2 aromatic carbocycles. The molecule has 0 unspecified atom stereocenters. The number of carbonyl (C=O) groups is 1. The van der Waals surface area contributed by atoms with Gasteiger partial charge in [-0.2, -0.15) is 0 Å². The number of nitrogens with zero attached hydrogens (tertiary/aromatic N) is 1. The van der Waals surface area contributed by atoms with Crippen molar-refractivity contribution in [1.29, 1.82) is 0 Å². The van der Waals surface area contributed by atoms with Crippen molar-refractivity contribution in [2.75, 3.05) is 0 Å². The summed E-state index contributed by atoms with van der Waals surface area (Å²) in [5.41, 5.74) is 2.45. The van der Waals surface area contributed by atoms with Crippen molar-refractivity contribution < 1.29 is 9.32 Å². The van der Waals surface area contributed by atoms with E-state index in [-0.39, 0.29) is 12.3 Å². The summed E-state index contributed by atoms with van der Waals surface area (Å²) in [5.74, 6) is -0.0621. The zero-order valence-corrected chi connectivity index (χ0v) is 10.9. The molecule has 0 fully saturated rings. The first-order valence-electron chi connectivity index (χ1n) is 6.47. The summed E-state index contributed by atoms with van der Waals surface area (Å²) in [6.07, 6.45) is 0.226. The van der Waals surface area contributed by atoms with Gasteiger partial charge in [-0.05, 0) is 17.7 Å². The van der Waals surface area contributed by atoms with Crippen molar-refractivity contribution in [3.8, 4) is 0 Å². The predicted octanol–water partition coefficient (Wildman–Crippen LogP) is 2.69. The van der Waals surface area contributed by atoms with Crippen LogP contribution in [0.25, 0.3) is 11.0 Å². The van der Waals surface area contributed by atoms with Gasteiger partial charge in [0, 0.05) is 11.9 Å². The van der Waals surface area contributed by atoms with Gasteiger partial charge in [-0.25, -0.2) is 0 Å². The van der Waals surface area contributed by atoms with Gasteiger partial charge in [0.1, 0.15) is 5.69 Å². The van der Waals surface area contributed by atoms with Gasteiger partial charge in [-0.3, -0.25) is 4.79 Å². The Morgan fingerprint density at radius 2 is 1.80 bits per heavy atom. The molecule has 0 aliphatic rings. The standard InChI is InChI=1S/C16H14N2O2/c19-16(17-11-12-6-2-1-3-7-12)10-14-13-8-4-5-9-15(13)20-18-14/h1-9H,10-11H2,(H,17,19). The fourth-order valence-corrected chi connectivity index (χ4v) is 2.08. The van der Waals surface area contributed by atoms with Crippen LogP contribution in [0.4, 0.5) is 0 Å². The third-order valence-electron chi connectivity index (χ3n) is 3.11. The number of aromatic nitrogens is 1. The molecule has 1 N–H and O–H groups in total. The molecule has 0 bridgehead atoms. The van der Waals surface area contributed by atoms with E-state index in [0.717, 1.165) is 10.9 Å². The second-order valence-corrected chi connectivity index (χ2v) is 4.56. The predicted molar refractivity (Wildman–Crippen MR) is 76.0 cm³/mol. The average Bonchev–Trinajstić information content (AvgIpc) is 2.90. The van der Waals surface area contributed by atoms with Crippen molar-refractivity contribution in [3.63, 3.8) is 0 Å². The van der Waals surface area contributed by atoms with E-state index in [1.807, 2.05) is 54.6 Å². The Morgan fingerprint density at radius 3 is 2.65 bits per heavy atom. The maximum Gasteiger partial charge on any atom is 0.226 e. The van der Waals surface area contributed by atoms with Crippen LogP contribution in [0.15, 0.2) is 59.1 Å². The second kappa shape index (κ2) is 5.57. The fraction of sp³-hybridized carbons (Fsp3) is 0.125. The highest BCUT2D eigenvalue weighted by atomic mass is 16.5. The van der Waals surface area contributed by atoms with Crippen LogP contribution in [0.5, 0.6) is 0 Å². The number of hydrogen-bond donors (Lipinski definition) is 1. The molecule has 0 atom stereocenters. The molecule has 0 radical (unpaired) electrons. The molecule has 0 saturated carbocycles. The maximum atomic E-state index is 11.9. The highest BCUT2D eigenvalue weighted by Gasteiger charge is 2.11. The number of carbonyl (C=O) groups excluding carboxylic acids is 1. The number of amides is 1. The van der Waals surface area contributed by atoms with E-state index in [2.05, 4.69) is 10.5 Å². The van der Waals surface area contributed by atoms with E-state index in [1.165, 1.54) is 0 Å². The van der Waals surface area contributed by atoms with Gasteiger partial charge in [0.2, 0.25) is 5.91 Å². The second-order valence-electron chi connectivity index (χ2n) is 4.56. The molecule has 0 saturated heterocycles. The molecule has 0 aliphatic heterocycles. The number of para-hydroxylation sites is 1. The van der Waals surface area contributed by atoms with Crippen molar-refractivity contribution in [2.24, 2.45) is 0 Å². The summed E-state index contributed by atoms with van der Waals surface area (Å²) in [5, 5.41) is 7.73. The normalized spacial score (nSPS) is 10.6. The minimum Gasteiger partial charge on any atom is -0.356 e. The molecule has 3 rings (SSSR count). The molecule has 1 heterocycles. The van der Waals surface area contributed by atoms with Gasteiger partial charge < -0.3 is 9.84 Å². The van der Waals surface area contributed by atoms with E-state index in [4.69, 9.17) is 4.52 Å². The third kappa shape index (κ3) is 2.69. The Hall–Kier alpha value is -2.62. The number of hydrogen-bond acceptors (Lipinski definition) is 3. The third-order valence-corrected chi connectivity index (χ3v) is 3.11.